The quantitative estimate of drug-likeness (QED) is 0.605. The van der Waals surface area contributed by atoms with Crippen LogP contribution in [0.1, 0.15) is 18.4 Å². The van der Waals surface area contributed by atoms with Crippen LogP contribution in [-0.2, 0) is 16.0 Å². The summed E-state index contributed by atoms with van der Waals surface area (Å²) in [6.45, 7) is 4.11. The highest BCUT2D eigenvalue weighted by molar-refractivity contribution is 7.13. The first kappa shape index (κ1) is 19.6. The molecule has 2 N–H and O–H groups in total. The lowest BCUT2D eigenvalue weighted by Gasteiger charge is -2.09. The number of nitrogens with zero attached hydrogens (tertiary/aromatic N) is 1. The van der Waals surface area contributed by atoms with Crippen molar-refractivity contribution < 1.29 is 18.7 Å². The predicted octanol–water partition coefficient (Wildman–Crippen LogP) is 3.41. The van der Waals surface area contributed by atoms with Crippen LogP contribution in [0.25, 0.3) is 10.8 Å². The summed E-state index contributed by atoms with van der Waals surface area (Å²) in [6, 6.07) is 10.7. The van der Waals surface area contributed by atoms with Gasteiger partial charge < -0.3 is 19.8 Å². The number of oxazole rings is 1. The van der Waals surface area contributed by atoms with Crippen molar-refractivity contribution in [2.24, 2.45) is 0 Å². The van der Waals surface area contributed by atoms with Crippen LogP contribution in [0.4, 0.5) is 5.69 Å². The topological polar surface area (TPSA) is 93.5 Å². The Morgan fingerprint density at radius 2 is 2.07 bits per heavy atom. The van der Waals surface area contributed by atoms with Gasteiger partial charge in [-0.05, 0) is 37.4 Å². The lowest BCUT2D eigenvalue weighted by molar-refractivity contribution is -0.123. The molecule has 0 saturated heterocycles. The fraction of sp³-hybridized carbons (Fsp3) is 0.250. The van der Waals surface area contributed by atoms with Gasteiger partial charge in [0, 0.05) is 18.3 Å². The molecule has 3 aromatic rings. The standard InChI is InChI=1S/C20H21N3O4S/c1-3-21-19(25)12-26-15-7-4-6-14(10-15)22-18(24)11-16-13(2)27-20(23-16)17-8-5-9-28-17/h4-10H,3,11-12H2,1-2H3,(H,21,25)(H,22,24). The van der Waals surface area contributed by atoms with Crippen LogP contribution in [0.5, 0.6) is 5.75 Å². The van der Waals surface area contributed by atoms with Gasteiger partial charge in [0.25, 0.3) is 5.91 Å². The number of likely N-dealkylation sites (N-methyl/N-ethyl adjacent to an activating group) is 1. The number of rotatable bonds is 8. The molecule has 0 aliphatic heterocycles. The predicted molar refractivity (Wildman–Crippen MR) is 108 cm³/mol. The van der Waals surface area contributed by atoms with E-state index in [4.69, 9.17) is 9.15 Å². The molecule has 0 aliphatic rings. The van der Waals surface area contributed by atoms with Gasteiger partial charge in [-0.15, -0.1) is 11.3 Å². The molecule has 0 atom stereocenters. The van der Waals surface area contributed by atoms with E-state index in [1.54, 1.807) is 31.2 Å². The molecule has 0 unspecified atom stereocenters. The normalized spacial score (nSPS) is 10.5. The van der Waals surface area contributed by atoms with Crippen LogP contribution in [0.15, 0.2) is 46.2 Å². The first-order valence-electron chi connectivity index (χ1n) is 8.84. The maximum atomic E-state index is 12.4. The van der Waals surface area contributed by atoms with Gasteiger partial charge in [-0.3, -0.25) is 9.59 Å². The Balaban J connectivity index is 1.59. The second kappa shape index (κ2) is 9.18. The molecule has 2 aromatic heterocycles. The number of thiophene rings is 1. The SMILES string of the molecule is CCNC(=O)COc1cccc(NC(=O)Cc2nc(-c3cccs3)oc2C)c1. The third-order valence-electron chi connectivity index (χ3n) is 3.81. The number of aromatic nitrogens is 1. The van der Waals surface area contributed by atoms with Crippen molar-refractivity contribution in [3.8, 4) is 16.5 Å². The Hall–Kier alpha value is -3.13. The summed E-state index contributed by atoms with van der Waals surface area (Å²) in [5, 5.41) is 7.42. The third kappa shape index (κ3) is 5.20. The Kier molecular flexibility index (Phi) is 6.44. The van der Waals surface area contributed by atoms with Crippen molar-refractivity contribution in [3.05, 3.63) is 53.2 Å². The number of amides is 2. The van der Waals surface area contributed by atoms with Crippen molar-refractivity contribution in [1.29, 1.82) is 0 Å². The molecule has 8 heteroatoms. The van der Waals surface area contributed by atoms with Crippen LogP contribution >= 0.6 is 11.3 Å². The van der Waals surface area contributed by atoms with E-state index in [-0.39, 0.29) is 24.8 Å². The average Bonchev–Trinajstić information content (AvgIpc) is 3.31. The van der Waals surface area contributed by atoms with Gasteiger partial charge >= 0.3 is 0 Å². The smallest absolute Gasteiger partial charge is 0.257 e. The largest absolute Gasteiger partial charge is 0.484 e. The lowest BCUT2D eigenvalue weighted by Crippen LogP contribution is -2.28. The molecule has 2 amide bonds. The molecule has 0 radical (unpaired) electrons. The minimum Gasteiger partial charge on any atom is -0.484 e. The highest BCUT2D eigenvalue weighted by Crippen LogP contribution is 2.26. The maximum Gasteiger partial charge on any atom is 0.257 e. The zero-order valence-corrected chi connectivity index (χ0v) is 16.5. The number of anilines is 1. The fourth-order valence-corrected chi connectivity index (χ4v) is 3.16. The van der Waals surface area contributed by atoms with Crippen molar-refractivity contribution in [2.45, 2.75) is 20.3 Å². The molecule has 0 aliphatic carbocycles. The van der Waals surface area contributed by atoms with Crippen molar-refractivity contribution >= 4 is 28.8 Å². The highest BCUT2D eigenvalue weighted by Gasteiger charge is 2.15. The number of carbonyl (C=O) groups excluding carboxylic acids is 2. The van der Waals surface area contributed by atoms with E-state index in [0.717, 1.165) is 4.88 Å². The molecule has 3 rings (SSSR count). The maximum absolute atomic E-state index is 12.4. The third-order valence-corrected chi connectivity index (χ3v) is 4.67. The van der Waals surface area contributed by atoms with E-state index < -0.39 is 0 Å². The van der Waals surface area contributed by atoms with Crippen LogP contribution in [0.3, 0.4) is 0 Å². The molecule has 0 fully saturated rings. The minimum atomic E-state index is -0.213. The first-order chi connectivity index (χ1) is 13.5. The summed E-state index contributed by atoms with van der Waals surface area (Å²) in [5.74, 6) is 1.24. The van der Waals surface area contributed by atoms with E-state index in [0.29, 0.717) is 35.3 Å². The van der Waals surface area contributed by atoms with E-state index in [1.807, 2.05) is 24.4 Å². The summed E-state index contributed by atoms with van der Waals surface area (Å²) in [5.41, 5.74) is 1.18. The molecule has 1 aromatic carbocycles. The van der Waals surface area contributed by atoms with Crippen LogP contribution < -0.4 is 15.4 Å². The molecular formula is C20H21N3O4S. The average molecular weight is 399 g/mol. The number of aryl methyl sites for hydroxylation is 1. The van der Waals surface area contributed by atoms with E-state index in [9.17, 15) is 9.59 Å². The summed E-state index contributed by atoms with van der Waals surface area (Å²) in [7, 11) is 0. The minimum absolute atomic E-state index is 0.0745. The van der Waals surface area contributed by atoms with Gasteiger partial charge in [0.1, 0.15) is 11.5 Å². The number of hydrogen-bond acceptors (Lipinski definition) is 6. The highest BCUT2D eigenvalue weighted by atomic mass is 32.1. The molecule has 2 heterocycles. The second-order valence-electron chi connectivity index (χ2n) is 5.99. The van der Waals surface area contributed by atoms with Gasteiger partial charge in [-0.2, -0.15) is 0 Å². The molecule has 28 heavy (non-hydrogen) atoms. The second-order valence-corrected chi connectivity index (χ2v) is 6.94. The Morgan fingerprint density at radius 1 is 1.21 bits per heavy atom. The van der Waals surface area contributed by atoms with Gasteiger partial charge in [0.2, 0.25) is 11.8 Å². The zero-order valence-electron chi connectivity index (χ0n) is 15.7. The Bertz CT molecular complexity index is 950. The number of hydrogen-bond donors (Lipinski definition) is 2. The lowest BCUT2D eigenvalue weighted by atomic mass is 10.2. The monoisotopic (exact) mass is 399 g/mol. The molecule has 0 saturated carbocycles. The molecule has 146 valence electrons. The number of benzene rings is 1. The van der Waals surface area contributed by atoms with Crippen molar-refractivity contribution in [2.75, 3.05) is 18.5 Å². The van der Waals surface area contributed by atoms with Crippen molar-refractivity contribution in [1.82, 2.24) is 10.3 Å². The summed E-state index contributed by atoms with van der Waals surface area (Å²) >= 11 is 1.53. The van der Waals surface area contributed by atoms with Crippen LogP contribution in [0, 0.1) is 6.92 Å². The number of nitrogens with one attached hydrogen (secondary N) is 2. The number of ether oxygens (including phenoxy) is 1. The molecule has 7 nitrogen and oxygen atoms in total. The summed E-state index contributed by atoms with van der Waals surface area (Å²) < 4.78 is 11.1. The van der Waals surface area contributed by atoms with E-state index >= 15 is 0 Å². The van der Waals surface area contributed by atoms with E-state index in [2.05, 4.69) is 15.6 Å². The summed E-state index contributed by atoms with van der Waals surface area (Å²) in [6.07, 6.45) is 0.102. The fourth-order valence-electron chi connectivity index (χ4n) is 2.52. The van der Waals surface area contributed by atoms with Gasteiger partial charge in [-0.25, -0.2) is 4.98 Å². The molecule has 0 spiro atoms. The van der Waals surface area contributed by atoms with E-state index in [1.165, 1.54) is 11.3 Å². The van der Waals surface area contributed by atoms with Gasteiger partial charge in [0.05, 0.1) is 17.0 Å². The molecular weight excluding hydrogens is 378 g/mol. The van der Waals surface area contributed by atoms with Crippen LogP contribution in [-0.4, -0.2) is 29.9 Å². The number of carbonyl (C=O) groups is 2. The van der Waals surface area contributed by atoms with Crippen LogP contribution in [0.2, 0.25) is 0 Å². The Labute approximate surface area is 166 Å². The Morgan fingerprint density at radius 3 is 2.82 bits per heavy atom. The van der Waals surface area contributed by atoms with Crippen molar-refractivity contribution in [3.63, 3.8) is 0 Å². The molecule has 0 bridgehead atoms. The van der Waals surface area contributed by atoms with Gasteiger partial charge in [0.15, 0.2) is 6.61 Å². The zero-order chi connectivity index (χ0) is 19.9. The van der Waals surface area contributed by atoms with Gasteiger partial charge in [-0.1, -0.05) is 12.1 Å². The summed E-state index contributed by atoms with van der Waals surface area (Å²) in [4.78, 5) is 29.2. The first-order valence-corrected chi connectivity index (χ1v) is 9.72.